The molecule has 1 aromatic rings. The van der Waals surface area contributed by atoms with Crippen molar-refractivity contribution in [2.45, 2.75) is 37.1 Å². The lowest BCUT2D eigenvalue weighted by atomic mass is 9.84. The molecule has 166 valence electrons. The lowest BCUT2D eigenvalue weighted by molar-refractivity contribution is -0.235. The maximum atomic E-state index is 12.8. The summed E-state index contributed by atoms with van der Waals surface area (Å²) in [6, 6.07) is 0. The molecule has 0 radical (unpaired) electrons. The topological polar surface area (TPSA) is 163 Å². The Morgan fingerprint density at radius 2 is 1.67 bits per heavy atom. The highest BCUT2D eigenvalue weighted by atomic mass is 16.6. The number of rotatable bonds is 3. The number of aromatic hydroxyl groups is 3. The summed E-state index contributed by atoms with van der Waals surface area (Å²) >= 11 is 0. The molecule has 3 heterocycles. The third-order valence-electron chi connectivity index (χ3n) is 6.14. The van der Waals surface area contributed by atoms with Crippen molar-refractivity contribution in [2.24, 2.45) is 0 Å². The van der Waals surface area contributed by atoms with Gasteiger partial charge in [0.1, 0.15) is 24.4 Å². The number of phenolic OH excluding ortho intramolecular Hbond substituents is 3. The van der Waals surface area contributed by atoms with Crippen molar-refractivity contribution in [1.82, 2.24) is 9.80 Å². The summed E-state index contributed by atoms with van der Waals surface area (Å²) < 4.78 is 10.9. The quantitative estimate of drug-likeness (QED) is 0.240. The molecule has 11 nitrogen and oxygen atoms in total. The fourth-order valence-electron chi connectivity index (χ4n) is 4.31. The Morgan fingerprint density at radius 3 is 2.30 bits per heavy atom. The van der Waals surface area contributed by atoms with E-state index in [1.165, 1.54) is 0 Å². The average Bonchev–Trinajstić information content (AvgIpc) is 2.73. The molecule has 2 fully saturated rings. The lowest BCUT2D eigenvalue weighted by Crippen LogP contribution is -2.58. The lowest BCUT2D eigenvalue weighted by Gasteiger charge is -2.45. The number of carbonyl (C=O) groups excluding carboxylic acids is 1. The first-order chi connectivity index (χ1) is 14.2. The van der Waals surface area contributed by atoms with E-state index in [2.05, 4.69) is 4.90 Å². The van der Waals surface area contributed by atoms with Crippen molar-refractivity contribution in [3.8, 4) is 17.2 Å². The van der Waals surface area contributed by atoms with Crippen molar-refractivity contribution in [3.05, 3.63) is 16.7 Å². The van der Waals surface area contributed by atoms with Crippen molar-refractivity contribution >= 4 is 5.97 Å². The van der Waals surface area contributed by atoms with Crippen LogP contribution in [-0.2, 0) is 16.0 Å². The molecule has 0 aliphatic carbocycles. The first-order valence-corrected chi connectivity index (χ1v) is 9.78. The van der Waals surface area contributed by atoms with E-state index in [9.17, 15) is 35.4 Å². The molecule has 2 saturated heterocycles. The number of likely N-dealkylation sites (N-methyl/N-ethyl adjacent to an activating group) is 1. The van der Waals surface area contributed by atoms with Crippen LogP contribution in [0.5, 0.6) is 17.2 Å². The van der Waals surface area contributed by atoms with Crippen LogP contribution in [0.25, 0.3) is 0 Å². The highest BCUT2D eigenvalue weighted by Gasteiger charge is 2.52. The van der Waals surface area contributed by atoms with Gasteiger partial charge in [-0.15, -0.1) is 0 Å². The second kappa shape index (κ2) is 7.84. The van der Waals surface area contributed by atoms with Gasteiger partial charge in [0.2, 0.25) is 5.75 Å². The minimum absolute atomic E-state index is 0.0815. The number of nitrogens with zero attached hydrogens (tertiary/aromatic N) is 2. The predicted molar refractivity (Wildman–Crippen MR) is 100 cm³/mol. The third-order valence-corrected chi connectivity index (χ3v) is 6.14. The molecule has 1 aromatic carbocycles. The van der Waals surface area contributed by atoms with Gasteiger partial charge in [-0.3, -0.25) is 4.90 Å². The summed E-state index contributed by atoms with van der Waals surface area (Å²) in [7, 11) is 1.98. The standard InChI is InChI=1S/C19H26N2O9/c1-20-2-4-21(5-3-20)6-8-10-11(14(25)15(26)12(8)23)17-18(30-19(10)28)16(27)13(24)9(7-22)29-17/h9,13,16-18,22-27H,2-7H2,1H3. The van der Waals surface area contributed by atoms with Crippen LogP contribution < -0.4 is 0 Å². The summed E-state index contributed by atoms with van der Waals surface area (Å²) in [6.45, 7) is 2.41. The van der Waals surface area contributed by atoms with Crippen LogP contribution in [0.2, 0.25) is 0 Å². The number of fused-ring (bicyclic) bond motifs is 3. The Bertz CT molecular complexity index is 840. The number of piperazine rings is 1. The third kappa shape index (κ3) is 3.27. The van der Waals surface area contributed by atoms with Gasteiger partial charge in [-0.2, -0.15) is 0 Å². The normalized spacial score (nSPS) is 32.4. The number of carbonyl (C=O) groups is 1. The van der Waals surface area contributed by atoms with Crippen LogP contribution in [0.4, 0.5) is 0 Å². The molecule has 3 aliphatic heterocycles. The van der Waals surface area contributed by atoms with Crippen LogP contribution in [0.1, 0.15) is 27.6 Å². The molecule has 0 spiro atoms. The predicted octanol–water partition coefficient (Wildman–Crippen LogP) is -1.76. The number of ether oxygens (including phenoxy) is 2. The van der Waals surface area contributed by atoms with Crippen molar-refractivity contribution < 1.29 is 44.9 Å². The molecule has 0 bridgehead atoms. The smallest absolute Gasteiger partial charge is 0.339 e. The highest BCUT2D eigenvalue weighted by Crippen LogP contribution is 2.51. The number of esters is 1. The van der Waals surface area contributed by atoms with E-state index in [4.69, 9.17) is 9.47 Å². The Kier molecular flexibility index (Phi) is 5.51. The number of phenols is 3. The van der Waals surface area contributed by atoms with Gasteiger partial charge in [0.25, 0.3) is 0 Å². The molecule has 5 atom stereocenters. The Labute approximate surface area is 172 Å². The summed E-state index contributed by atoms with van der Waals surface area (Å²) in [5, 5.41) is 61.3. The highest BCUT2D eigenvalue weighted by molar-refractivity contribution is 5.97. The number of benzene rings is 1. The van der Waals surface area contributed by atoms with E-state index in [0.717, 1.165) is 13.1 Å². The zero-order chi connectivity index (χ0) is 21.7. The zero-order valence-corrected chi connectivity index (χ0v) is 16.4. The molecular formula is C19H26N2O9. The van der Waals surface area contributed by atoms with Gasteiger partial charge in [0.15, 0.2) is 17.6 Å². The van der Waals surface area contributed by atoms with E-state index in [0.29, 0.717) is 13.1 Å². The van der Waals surface area contributed by atoms with E-state index in [1.807, 2.05) is 11.9 Å². The van der Waals surface area contributed by atoms with Gasteiger partial charge in [-0.05, 0) is 7.05 Å². The van der Waals surface area contributed by atoms with E-state index < -0.39 is 60.3 Å². The monoisotopic (exact) mass is 426 g/mol. The molecule has 0 amide bonds. The van der Waals surface area contributed by atoms with Crippen LogP contribution >= 0.6 is 0 Å². The molecular weight excluding hydrogens is 400 g/mol. The summed E-state index contributed by atoms with van der Waals surface area (Å²) in [5.41, 5.74) is -0.207. The number of hydrogen-bond donors (Lipinski definition) is 6. The summed E-state index contributed by atoms with van der Waals surface area (Å²) in [6.07, 6.45) is -6.87. The Morgan fingerprint density at radius 1 is 1.00 bits per heavy atom. The molecule has 0 saturated carbocycles. The fourth-order valence-corrected chi connectivity index (χ4v) is 4.31. The van der Waals surface area contributed by atoms with Gasteiger partial charge < -0.3 is 45.0 Å². The maximum absolute atomic E-state index is 12.8. The number of aliphatic hydroxyl groups is 3. The molecule has 4 rings (SSSR count). The first-order valence-electron chi connectivity index (χ1n) is 9.78. The van der Waals surface area contributed by atoms with E-state index in [1.54, 1.807) is 0 Å². The fraction of sp³-hybridized carbons (Fsp3) is 0.632. The zero-order valence-electron chi connectivity index (χ0n) is 16.4. The van der Waals surface area contributed by atoms with Crippen molar-refractivity contribution in [2.75, 3.05) is 39.8 Å². The molecule has 6 N–H and O–H groups in total. The summed E-state index contributed by atoms with van der Waals surface area (Å²) in [4.78, 5) is 16.9. The van der Waals surface area contributed by atoms with Crippen LogP contribution in [0, 0.1) is 0 Å². The molecule has 0 aromatic heterocycles. The maximum Gasteiger partial charge on any atom is 0.339 e. The summed E-state index contributed by atoms with van der Waals surface area (Å²) in [5.74, 6) is -3.12. The number of aliphatic hydroxyl groups excluding tert-OH is 3. The molecule has 30 heavy (non-hydrogen) atoms. The van der Waals surface area contributed by atoms with Crippen molar-refractivity contribution in [1.29, 1.82) is 0 Å². The van der Waals surface area contributed by atoms with Gasteiger partial charge in [0.05, 0.1) is 12.2 Å². The second-order valence-corrected chi connectivity index (χ2v) is 8.02. The SMILES string of the molecule is CN1CCN(Cc2c(O)c(O)c(O)c3c2C(=O)OC2C3OC(CO)C(O)C2O)CC1. The van der Waals surface area contributed by atoms with Crippen LogP contribution in [0.3, 0.4) is 0 Å². The minimum atomic E-state index is -1.57. The number of hydrogen-bond acceptors (Lipinski definition) is 11. The molecule has 11 heteroatoms. The minimum Gasteiger partial charge on any atom is -0.504 e. The van der Waals surface area contributed by atoms with Gasteiger partial charge in [-0.1, -0.05) is 0 Å². The Balaban J connectivity index is 1.79. The van der Waals surface area contributed by atoms with Gasteiger partial charge >= 0.3 is 5.97 Å². The largest absolute Gasteiger partial charge is 0.504 e. The average molecular weight is 426 g/mol. The van der Waals surface area contributed by atoms with Gasteiger partial charge in [0, 0.05) is 43.9 Å². The second-order valence-electron chi connectivity index (χ2n) is 8.02. The van der Waals surface area contributed by atoms with E-state index in [-0.39, 0.29) is 23.2 Å². The molecule has 3 aliphatic rings. The van der Waals surface area contributed by atoms with Crippen molar-refractivity contribution in [3.63, 3.8) is 0 Å². The van der Waals surface area contributed by atoms with Gasteiger partial charge in [-0.25, -0.2) is 4.79 Å². The molecule has 5 unspecified atom stereocenters. The van der Waals surface area contributed by atoms with Crippen LogP contribution in [0.15, 0.2) is 0 Å². The first kappa shape index (κ1) is 21.1. The van der Waals surface area contributed by atoms with E-state index >= 15 is 0 Å². The Hall–Kier alpha value is -2.15. The van der Waals surface area contributed by atoms with Crippen LogP contribution in [-0.4, -0.2) is 111 Å².